The summed E-state index contributed by atoms with van der Waals surface area (Å²) in [5.41, 5.74) is 0.545. The van der Waals surface area contributed by atoms with Crippen LogP contribution in [-0.4, -0.2) is 35.0 Å². The van der Waals surface area contributed by atoms with E-state index in [1.807, 2.05) is 5.38 Å². The van der Waals surface area contributed by atoms with Gasteiger partial charge < -0.3 is 9.64 Å². The van der Waals surface area contributed by atoms with Crippen LogP contribution in [0.3, 0.4) is 0 Å². The van der Waals surface area contributed by atoms with E-state index in [1.54, 1.807) is 28.4 Å². The van der Waals surface area contributed by atoms with Crippen molar-refractivity contribution in [3.05, 3.63) is 46.2 Å². The molecule has 2 aromatic rings. The van der Waals surface area contributed by atoms with Gasteiger partial charge in [0, 0.05) is 30.3 Å². The molecule has 0 N–H and O–H groups in total. The average Bonchev–Trinajstić information content (AvgIpc) is 3.09. The predicted octanol–water partition coefficient (Wildman–Crippen LogP) is 3.45. The third-order valence-electron chi connectivity index (χ3n) is 4.20. The zero-order valence-corrected chi connectivity index (χ0v) is 13.4. The van der Waals surface area contributed by atoms with Gasteiger partial charge in [-0.05, 0) is 25.0 Å². The van der Waals surface area contributed by atoms with Crippen LogP contribution in [-0.2, 0) is 0 Å². The first-order valence-corrected chi connectivity index (χ1v) is 8.74. The number of nitrogens with zero attached hydrogens (tertiary/aromatic N) is 2. The van der Waals surface area contributed by atoms with Gasteiger partial charge in [0.15, 0.2) is 0 Å². The number of rotatable bonds is 4. The minimum atomic E-state index is -0.316. The highest BCUT2D eigenvalue weighted by Crippen LogP contribution is 2.41. The summed E-state index contributed by atoms with van der Waals surface area (Å²) in [4.78, 5) is 18.8. The van der Waals surface area contributed by atoms with Crippen LogP contribution in [0.25, 0.3) is 0 Å². The van der Waals surface area contributed by atoms with E-state index in [2.05, 4.69) is 4.98 Å². The zero-order valence-electron chi connectivity index (χ0n) is 12.6. The van der Waals surface area contributed by atoms with E-state index in [4.69, 9.17) is 4.74 Å². The summed E-state index contributed by atoms with van der Waals surface area (Å²) in [6.07, 6.45) is 3.03. The van der Waals surface area contributed by atoms with Crippen LogP contribution in [0.15, 0.2) is 29.6 Å². The number of halogens is 1. The van der Waals surface area contributed by atoms with Crippen molar-refractivity contribution in [3.8, 4) is 5.75 Å². The van der Waals surface area contributed by atoms with Crippen LogP contribution in [0.4, 0.5) is 4.39 Å². The number of thiazole rings is 1. The molecule has 2 fully saturated rings. The molecule has 0 radical (unpaired) electrons. The second-order valence-corrected chi connectivity index (χ2v) is 6.97. The van der Waals surface area contributed by atoms with E-state index < -0.39 is 0 Å². The van der Waals surface area contributed by atoms with E-state index in [0.29, 0.717) is 30.5 Å². The van der Waals surface area contributed by atoms with Crippen LogP contribution in [0.2, 0.25) is 0 Å². The molecular weight excluding hydrogens is 315 g/mol. The molecule has 2 heterocycles. The monoisotopic (exact) mass is 332 g/mol. The Hall–Kier alpha value is -1.95. The lowest BCUT2D eigenvalue weighted by Gasteiger charge is -2.16. The Morgan fingerprint density at radius 3 is 3.00 bits per heavy atom. The molecule has 1 aliphatic carbocycles. The summed E-state index contributed by atoms with van der Waals surface area (Å²) in [5, 5.41) is 2.94. The minimum absolute atomic E-state index is 0.0292. The summed E-state index contributed by atoms with van der Waals surface area (Å²) < 4.78 is 19.0. The van der Waals surface area contributed by atoms with Crippen molar-refractivity contribution in [2.24, 2.45) is 0 Å². The topological polar surface area (TPSA) is 42.4 Å². The van der Waals surface area contributed by atoms with Crippen LogP contribution in [0.5, 0.6) is 5.75 Å². The van der Waals surface area contributed by atoms with Crippen molar-refractivity contribution < 1.29 is 13.9 Å². The van der Waals surface area contributed by atoms with Crippen molar-refractivity contribution in [1.29, 1.82) is 0 Å². The second kappa shape index (κ2) is 5.92. The fourth-order valence-electron chi connectivity index (χ4n) is 2.81. The molecule has 1 atom stereocenters. The van der Waals surface area contributed by atoms with Gasteiger partial charge in [-0.15, -0.1) is 11.3 Å². The first-order valence-electron chi connectivity index (χ1n) is 7.86. The molecule has 1 amide bonds. The fourth-order valence-corrected chi connectivity index (χ4v) is 3.77. The van der Waals surface area contributed by atoms with Crippen molar-refractivity contribution in [2.75, 3.05) is 13.1 Å². The van der Waals surface area contributed by atoms with Crippen LogP contribution in [0.1, 0.15) is 40.7 Å². The highest BCUT2D eigenvalue weighted by atomic mass is 32.1. The maximum Gasteiger partial charge on any atom is 0.273 e. The first-order chi connectivity index (χ1) is 11.2. The largest absolute Gasteiger partial charge is 0.488 e. The highest BCUT2D eigenvalue weighted by Gasteiger charge is 2.31. The van der Waals surface area contributed by atoms with E-state index in [9.17, 15) is 9.18 Å². The molecular formula is C17H17FN2O2S. The molecule has 120 valence electrons. The SMILES string of the molecule is O=C(c1csc(C2CC2)n1)N1CCC(Oc2cccc(F)c2)C1. The Bertz CT molecular complexity index is 729. The van der Waals surface area contributed by atoms with E-state index in [-0.39, 0.29) is 17.8 Å². The fraction of sp³-hybridized carbons (Fsp3) is 0.412. The Kier molecular flexibility index (Phi) is 3.77. The third kappa shape index (κ3) is 3.22. The molecule has 1 aliphatic heterocycles. The molecule has 6 heteroatoms. The summed E-state index contributed by atoms with van der Waals surface area (Å²) in [7, 11) is 0. The number of likely N-dealkylation sites (tertiary alicyclic amines) is 1. The Labute approximate surface area is 137 Å². The standard InChI is InChI=1S/C17H17FN2O2S/c18-12-2-1-3-13(8-12)22-14-6-7-20(9-14)17(21)15-10-23-16(19-15)11-4-5-11/h1-3,8,10-11,14H,4-7,9H2. The van der Waals surface area contributed by atoms with Gasteiger partial charge in [0.25, 0.3) is 5.91 Å². The number of amides is 1. The maximum absolute atomic E-state index is 13.2. The second-order valence-electron chi connectivity index (χ2n) is 6.08. The molecule has 1 aromatic carbocycles. The van der Waals surface area contributed by atoms with Crippen molar-refractivity contribution in [1.82, 2.24) is 9.88 Å². The molecule has 1 saturated heterocycles. The number of hydrogen-bond acceptors (Lipinski definition) is 4. The summed E-state index contributed by atoms with van der Waals surface area (Å²) in [6.45, 7) is 1.17. The number of carbonyl (C=O) groups is 1. The molecule has 1 unspecified atom stereocenters. The molecule has 4 rings (SSSR count). The zero-order chi connectivity index (χ0) is 15.8. The predicted molar refractivity (Wildman–Crippen MR) is 85.4 cm³/mol. The number of carbonyl (C=O) groups excluding carboxylic acids is 1. The Morgan fingerprint density at radius 1 is 1.35 bits per heavy atom. The van der Waals surface area contributed by atoms with Gasteiger partial charge in [-0.2, -0.15) is 0 Å². The Balaban J connectivity index is 1.38. The van der Waals surface area contributed by atoms with Gasteiger partial charge >= 0.3 is 0 Å². The lowest BCUT2D eigenvalue weighted by molar-refractivity contribution is 0.0767. The number of ether oxygens (including phenoxy) is 1. The third-order valence-corrected chi connectivity index (χ3v) is 5.21. The smallest absolute Gasteiger partial charge is 0.273 e. The van der Waals surface area contributed by atoms with Gasteiger partial charge in [-0.3, -0.25) is 4.79 Å². The normalized spacial score (nSPS) is 20.7. The summed E-state index contributed by atoms with van der Waals surface area (Å²) in [6, 6.07) is 6.11. The molecule has 4 nitrogen and oxygen atoms in total. The van der Waals surface area contributed by atoms with Gasteiger partial charge in [-0.1, -0.05) is 6.07 Å². The van der Waals surface area contributed by atoms with E-state index >= 15 is 0 Å². The number of hydrogen-bond donors (Lipinski definition) is 0. The van der Waals surface area contributed by atoms with E-state index in [0.717, 1.165) is 11.4 Å². The van der Waals surface area contributed by atoms with Gasteiger partial charge in [-0.25, -0.2) is 9.37 Å². The van der Waals surface area contributed by atoms with Crippen LogP contribution in [0, 0.1) is 5.82 Å². The van der Waals surface area contributed by atoms with Crippen molar-refractivity contribution in [3.63, 3.8) is 0 Å². The van der Waals surface area contributed by atoms with Gasteiger partial charge in [0.2, 0.25) is 0 Å². The average molecular weight is 332 g/mol. The van der Waals surface area contributed by atoms with E-state index in [1.165, 1.54) is 25.0 Å². The molecule has 1 saturated carbocycles. The highest BCUT2D eigenvalue weighted by molar-refractivity contribution is 7.10. The molecule has 1 aromatic heterocycles. The van der Waals surface area contributed by atoms with Gasteiger partial charge in [0.1, 0.15) is 23.4 Å². The summed E-state index contributed by atoms with van der Waals surface area (Å²) in [5.74, 6) is 0.736. The van der Waals surface area contributed by atoms with Crippen LogP contribution >= 0.6 is 11.3 Å². The first kappa shape index (κ1) is 14.6. The number of benzene rings is 1. The maximum atomic E-state index is 13.2. The van der Waals surface area contributed by atoms with Crippen LogP contribution < -0.4 is 4.74 Å². The van der Waals surface area contributed by atoms with Crippen molar-refractivity contribution in [2.45, 2.75) is 31.3 Å². The quantitative estimate of drug-likeness (QED) is 0.861. The Morgan fingerprint density at radius 2 is 2.22 bits per heavy atom. The molecule has 23 heavy (non-hydrogen) atoms. The van der Waals surface area contributed by atoms with Gasteiger partial charge in [0.05, 0.1) is 11.6 Å². The number of aromatic nitrogens is 1. The lowest BCUT2D eigenvalue weighted by atomic mass is 10.3. The molecule has 2 aliphatic rings. The summed E-state index contributed by atoms with van der Waals surface area (Å²) >= 11 is 1.58. The molecule has 0 spiro atoms. The minimum Gasteiger partial charge on any atom is -0.488 e. The molecule has 0 bridgehead atoms. The van der Waals surface area contributed by atoms with Crippen molar-refractivity contribution >= 4 is 17.2 Å². The lowest BCUT2D eigenvalue weighted by Crippen LogP contribution is -2.31.